The van der Waals surface area contributed by atoms with E-state index in [1.54, 1.807) is 0 Å². The van der Waals surface area contributed by atoms with Gasteiger partial charge in [0.05, 0.1) is 10.8 Å². The lowest BCUT2D eigenvalue weighted by Crippen LogP contribution is -2.14. The summed E-state index contributed by atoms with van der Waals surface area (Å²) in [5.41, 5.74) is 10.6. The lowest BCUT2D eigenvalue weighted by Gasteiger charge is -2.21. The maximum Gasteiger partial charge on any atom is 0.200 e. The van der Waals surface area contributed by atoms with Crippen LogP contribution in [0.25, 0.3) is 49.8 Å². The van der Waals surface area contributed by atoms with E-state index in [2.05, 4.69) is 68.5 Å². The van der Waals surface area contributed by atoms with Crippen molar-refractivity contribution < 1.29 is 4.42 Å². The van der Waals surface area contributed by atoms with Crippen LogP contribution in [-0.4, -0.2) is 0 Å². The van der Waals surface area contributed by atoms with Gasteiger partial charge in [-0.1, -0.05) is 80.6 Å². The van der Waals surface area contributed by atoms with Gasteiger partial charge in [-0.2, -0.15) is 0 Å². The molecule has 0 atom stereocenters. The van der Waals surface area contributed by atoms with E-state index in [4.69, 9.17) is 4.42 Å². The molecule has 0 saturated carbocycles. The first-order chi connectivity index (χ1) is 17.4. The van der Waals surface area contributed by atoms with Gasteiger partial charge in [0.1, 0.15) is 11.2 Å². The summed E-state index contributed by atoms with van der Waals surface area (Å²) in [4.78, 5) is 13.6. The Morgan fingerprint density at radius 3 is 2.19 bits per heavy atom. The highest BCUT2D eigenvalue weighted by atomic mass is 16.3. The zero-order valence-electron chi connectivity index (χ0n) is 21.1. The van der Waals surface area contributed by atoms with Gasteiger partial charge < -0.3 is 4.42 Å². The van der Waals surface area contributed by atoms with Gasteiger partial charge in [-0.05, 0) is 88.7 Å². The van der Waals surface area contributed by atoms with Crippen LogP contribution in [0.3, 0.4) is 0 Å². The number of fused-ring (bicyclic) bond motifs is 5. The van der Waals surface area contributed by atoms with Crippen molar-refractivity contribution in [2.45, 2.75) is 33.1 Å². The molecule has 0 spiro atoms. The van der Waals surface area contributed by atoms with Crippen molar-refractivity contribution in [1.29, 1.82) is 0 Å². The Labute approximate surface area is 211 Å². The van der Waals surface area contributed by atoms with E-state index in [0.29, 0.717) is 21.9 Å². The van der Waals surface area contributed by atoms with Crippen LogP contribution in [0.1, 0.15) is 44.4 Å². The Hall–Kier alpha value is -4.17. The van der Waals surface area contributed by atoms with Gasteiger partial charge in [-0.3, -0.25) is 4.79 Å². The molecule has 0 fully saturated rings. The molecule has 176 valence electrons. The molecule has 2 nitrogen and oxygen atoms in total. The zero-order chi connectivity index (χ0) is 25.0. The topological polar surface area (TPSA) is 30.2 Å². The predicted octanol–water partition coefficient (Wildman–Crippen LogP) is 8.90. The third kappa shape index (κ3) is 3.29. The molecule has 5 aromatic rings. The Bertz CT molecular complexity index is 1790. The third-order valence-electron chi connectivity index (χ3n) is 7.58. The first-order valence-electron chi connectivity index (χ1n) is 12.5. The van der Waals surface area contributed by atoms with Gasteiger partial charge in [0.25, 0.3) is 0 Å². The SMILES string of the molecule is CC=CC(=CC)c1ccc2oc3ccc(-c4ccc5c(c4)-c4ccccc4C5(C)C)cc3c(=O)c2c1. The van der Waals surface area contributed by atoms with Crippen molar-refractivity contribution >= 4 is 27.5 Å². The number of hydrogen-bond donors (Lipinski definition) is 0. The quantitative estimate of drug-likeness (QED) is 0.195. The zero-order valence-corrected chi connectivity index (χ0v) is 21.1. The minimum Gasteiger partial charge on any atom is -0.456 e. The van der Waals surface area contributed by atoms with E-state index < -0.39 is 0 Å². The smallest absolute Gasteiger partial charge is 0.200 e. The van der Waals surface area contributed by atoms with Crippen molar-refractivity contribution in [3.05, 3.63) is 124 Å². The van der Waals surface area contributed by atoms with Crippen molar-refractivity contribution in [3.63, 3.8) is 0 Å². The summed E-state index contributed by atoms with van der Waals surface area (Å²) >= 11 is 0. The molecule has 6 rings (SSSR count). The van der Waals surface area contributed by atoms with Crippen LogP contribution in [-0.2, 0) is 5.41 Å². The summed E-state index contributed by atoms with van der Waals surface area (Å²) in [5.74, 6) is 0. The lowest BCUT2D eigenvalue weighted by molar-refractivity contribution is 0.660. The van der Waals surface area contributed by atoms with E-state index in [-0.39, 0.29) is 10.8 Å². The molecule has 2 heteroatoms. The predicted molar refractivity (Wildman–Crippen MR) is 151 cm³/mol. The Kier molecular flexibility index (Phi) is 5.08. The average molecular weight is 469 g/mol. The van der Waals surface area contributed by atoms with Crippen molar-refractivity contribution in [3.8, 4) is 22.3 Å². The molecule has 1 heterocycles. The second-order valence-electron chi connectivity index (χ2n) is 10.0. The molecule has 0 amide bonds. The molecular formula is C34H28O2. The first-order valence-corrected chi connectivity index (χ1v) is 12.5. The first kappa shape index (κ1) is 22.3. The molecule has 1 aliphatic rings. The maximum absolute atomic E-state index is 13.6. The molecule has 0 bridgehead atoms. The van der Waals surface area contributed by atoms with Crippen molar-refractivity contribution in [1.82, 2.24) is 0 Å². The lowest BCUT2D eigenvalue weighted by atomic mass is 9.82. The standard InChI is InChI=1S/C34H28O2/c1-5-9-21(6-2)22-13-16-31-27(19-22)33(35)28-20-24(14-17-32(28)36-31)23-12-15-30-26(18-23)25-10-7-8-11-29(25)34(30,3)4/h5-20H,1-4H3. The largest absolute Gasteiger partial charge is 0.456 e. The van der Waals surface area contributed by atoms with Crippen molar-refractivity contribution in [2.24, 2.45) is 0 Å². The van der Waals surface area contributed by atoms with E-state index in [0.717, 1.165) is 22.3 Å². The van der Waals surface area contributed by atoms with Crippen LogP contribution in [0.15, 0.2) is 106 Å². The van der Waals surface area contributed by atoms with Gasteiger partial charge in [0, 0.05) is 5.41 Å². The van der Waals surface area contributed by atoms with Crippen LogP contribution in [0.2, 0.25) is 0 Å². The molecule has 4 aromatic carbocycles. The van der Waals surface area contributed by atoms with Gasteiger partial charge >= 0.3 is 0 Å². The molecule has 36 heavy (non-hydrogen) atoms. The van der Waals surface area contributed by atoms with Crippen LogP contribution in [0.4, 0.5) is 0 Å². The molecule has 0 saturated heterocycles. The number of allylic oxidation sites excluding steroid dienone is 4. The Morgan fingerprint density at radius 2 is 1.42 bits per heavy atom. The summed E-state index contributed by atoms with van der Waals surface area (Å²) in [7, 11) is 0. The van der Waals surface area contributed by atoms with Crippen LogP contribution < -0.4 is 5.43 Å². The fourth-order valence-electron chi connectivity index (χ4n) is 5.65. The highest BCUT2D eigenvalue weighted by molar-refractivity contribution is 5.94. The van der Waals surface area contributed by atoms with Gasteiger partial charge in [0.2, 0.25) is 5.43 Å². The fraction of sp³-hybridized carbons (Fsp3) is 0.147. The molecule has 1 aromatic heterocycles. The molecular weight excluding hydrogens is 440 g/mol. The number of rotatable bonds is 3. The second-order valence-corrected chi connectivity index (χ2v) is 10.0. The van der Waals surface area contributed by atoms with E-state index in [1.807, 2.05) is 56.3 Å². The van der Waals surface area contributed by atoms with Gasteiger partial charge in [0.15, 0.2) is 0 Å². The fourth-order valence-corrected chi connectivity index (χ4v) is 5.65. The van der Waals surface area contributed by atoms with Crippen LogP contribution in [0.5, 0.6) is 0 Å². The normalized spacial score (nSPS) is 14.5. The average Bonchev–Trinajstić information content (AvgIpc) is 3.13. The monoisotopic (exact) mass is 468 g/mol. The van der Waals surface area contributed by atoms with E-state index in [1.165, 1.54) is 22.3 Å². The van der Waals surface area contributed by atoms with Gasteiger partial charge in [-0.25, -0.2) is 0 Å². The summed E-state index contributed by atoms with van der Waals surface area (Å²) < 4.78 is 6.16. The molecule has 0 aliphatic heterocycles. The minimum atomic E-state index is -0.0235. The summed E-state index contributed by atoms with van der Waals surface area (Å²) in [5, 5.41) is 1.21. The third-order valence-corrected chi connectivity index (χ3v) is 7.58. The number of benzene rings is 4. The molecule has 1 aliphatic carbocycles. The van der Waals surface area contributed by atoms with Crippen LogP contribution >= 0.6 is 0 Å². The highest BCUT2D eigenvalue weighted by Crippen LogP contribution is 2.49. The van der Waals surface area contributed by atoms with Crippen LogP contribution in [0, 0.1) is 0 Å². The minimum absolute atomic E-state index is 0.00137. The highest BCUT2D eigenvalue weighted by Gasteiger charge is 2.35. The molecule has 0 unspecified atom stereocenters. The van der Waals surface area contributed by atoms with Crippen molar-refractivity contribution in [2.75, 3.05) is 0 Å². The Morgan fingerprint density at radius 1 is 0.750 bits per heavy atom. The molecule has 0 N–H and O–H groups in total. The summed E-state index contributed by atoms with van der Waals surface area (Å²) in [6.45, 7) is 8.57. The summed E-state index contributed by atoms with van der Waals surface area (Å²) in [6, 6.07) is 27.1. The van der Waals surface area contributed by atoms with E-state index >= 15 is 0 Å². The van der Waals surface area contributed by atoms with Gasteiger partial charge in [-0.15, -0.1) is 0 Å². The van der Waals surface area contributed by atoms with E-state index in [9.17, 15) is 4.79 Å². The number of hydrogen-bond acceptors (Lipinski definition) is 2. The summed E-state index contributed by atoms with van der Waals surface area (Å²) in [6.07, 6.45) is 6.11. The maximum atomic E-state index is 13.6. The molecule has 0 radical (unpaired) electrons. The Balaban J connectivity index is 1.51. The second kappa shape index (κ2) is 8.20.